The van der Waals surface area contributed by atoms with Gasteiger partial charge < -0.3 is 14.8 Å². The van der Waals surface area contributed by atoms with Crippen LogP contribution in [-0.4, -0.2) is 82.2 Å². The predicted molar refractivity (Wildman–Crippen MR) is 141 cm³/mol. The molecule has 2 aliphatic heterocycles. The van der Waals surface area contributed by atoms with Crippen LogP contribution in [-0.2, 0) is 16.0 Å². The summed E-state index contributed by atoms with van der Waals surface area (Å²) in [6.07, 6.45) is 0.413. The van der Waals surface area contributed by atoms with E-state index in [2.05, 4.69) is 38.8 Å². The van der Waals surface area contributed by atoms with Gasteiger partial charge >= 0.3 is 6.03 Å². The lowest BCUT2D eigenvalue weighted by Gasteiger charge is -2.42. The van der Waals surface area contributed by atoms with Crippen molar-refractivity contribution in [2.75, 3.05) is 39.9 Å². The van der Waals surface area contributed by atoms with Gasteiger partial charge in [-0.25, -0.2) is 4.79 Å². The maximum atomic E-state index is 13.9. The minimum absolute atomic E-state index is 0.117. The van der Waals surface area contributed by atoms with E-state index in [0.717, 1.165) is 45.3 Å². The maximum Gasteiger partial charge on any atom is 0.328 e. The molecule has 0 unspecified atom stereocenters. The van der Waals surface area contributed by atoms with Gasteiger partial charge in [-0.1, -0.05) is 35.0 Å². The summed E-state index contributed by atoms with van der Waals surface area (Å²) in [5, 5.41) is 11.3. The number of phenols is 1. The number of hydrogen-bond donors (Lipinski definition) is 2. The number of nitrogens with zero attached hydrogens (tertiary/aromatic N) is 3. The highest BCUT2D eigenvalue weighted by Crippen LogP contribution is 2.49. The Morgan fingerprint density at radius 2 is 2.03 bits per heavy atom. The zero-order valence-corrected chi connectivity index (χ0v) is 22.3. The average molecular weight is 555 g/mol. The predicted octanol–water partition coefficient (Wildman–Crippen LogP) is 4.27. The van der Waals surface area contributed by atoms with Crippen LogP contribution in [0, 0.1) is 0 Å². The molecule has 8 nitrogen and oxygen atoms in total. The first kappa shape index (κ1) is 24.8. The number of phenolic OH excluding ortho intramolecular Hbond substituents is 1. The molecule has 3 amide bonds. The fourth-order valence-corrected chi connectivity index (χ4v) is 5.97. The molecular weight excluding hydrogens is 524 g/mol. The first-order chi connectivity index (χ1) is 17.3. The van der Waals surface area contributed by atoms with E-state index in [4.69, 9.17) is 4.74 Å². The second kappa shape index (κ2) is 9.53. The van der Waals surface area contributed by atoms with Crippen molar-refractivity contribution >= 4 is 38.8 Å². The van der Waals surface area contributed by atoms with Gasteiger partial charge in [0.15, 0.2) is 0 Å². The van der Waals surface area contributed by atoms with Crippen LogP contribution < -0.4 is 0 Å². The standard InChI is InChI=1S/C27H31BrN4O4/c1-4-30(12-13-36-3)10-11-31-25(34)27(2)16-21-20-15-18(28)8-9-22(20)29-23(21)24(32(27)26(31)35)17-6-5-7-19(33)14-17/h5-9,14-15,24,29,33H,4,10-13,16H2,1-3H3/t24-,27+/m1/s1. The normalized spacial score (nSPS) is 21.5. The molecule has 9 heteroatoms. The van der Waals surface area contributed by atoms with Crippen LogP contribution in [0.25, 0.3) is 10.9 Å². The van der Waals surface area contributed by atoms with Gasteiger partial charge in [-0.2, -0.15) is 0 Å². The fraction of sp³-hybridized carbons (Fsp3) is 0.407. The van der Waals surface area contributed by atoms with E-state index in [1.165, 1.54) is 4.90 Å². The van der Waals surface area contributed by atoms with Gasteiger partial charge in [0, 0.05) is 54.2 Å². The van der Waals surface area contributed by atoms with Gasteiger partial charge in [-0.15, -0.1) is 0 Å². The van der Waals surface area contributed by atoms with Gasteiger partial charge in [0.1, 0.15) is 17.3 Å². The number of amides is 3. The molecule has 2 aromatic carbocycles. The first-order valence-electron chi connectivity index (χ1n) is 12.2. The van der Waals surface area contributed by atoms with E-state index >= 15 is 0 Å². The Balaban J connectivity index is 1.58. The molecule has 1 aromatic heterocycles. The Bertz CT molecular complexity index is 1320. The molecule has 3 aromatic rings. The first-order valence-corrected chi connectivity index (χ1v) is 13.0. The van der Waals surface area contributed by atoms with Gasteiger partial charge in [-0.3, -0.25) is 19.5 Å². The monoisotopic (exact) mass is 554 g/mol. The fourth-order valence-electron chi connectivity index (χ4n) is 5.61. The number of likely N-dealkylation sites (N-methyl/N-ethyl adjacent to an activating group) is 1. The van der Waals surface area contributed by atoms with Crippen LogP contribution in [0.5, 0.6) is 5.75 Å². The van der Waals surface area contributed by atoms with Crippen molar-refractivity contribution in [2.45, 2.75) is 31.8 Å². The summed E-state index contributed by atoms with van der Waals surface area (Å²) in [7, 11) is 1.67. The molecule has 0 spiro atoms. The van der Waals surface area contributed by atoms with Crippen molar-refractivity contribution in [3.8, 4) is 5.75 Å². The van der Waals surface area contributed by atoms with Gasteiger partial charge in [0.05, 0.1) is 6.61 Å². The molecule has 5 rings (SSSR count). The summed E-state index contributed by atoms with van der Waals surface area (Å²) in [4.78, 5) is 36.6. The third-order valence-corrected chi connectivity index (χ3v) is 8.01. The Morgan fingerprint density at radius 3 is 2.75 bits per heavy atom. The molecule has 0 radical (unpaired) electrons. The van der Waals surface area contributed by atoms with Gasteiger partial charge in [0.2, 0.25) is 0 Å². The summed E-state index contributed by atoms with van der Waals surface area (Å²) in [6, 6.07) is 12.1. The molecule has 0 saturated carbocycles. The number of H-pyrrole nitrogens is 1. The van der Waals surface area contributed by atoms with E-state index in [-0.39, 0.29) is 17.7 Å². The number of carbonyl (C=O) groups is 2. The number of methoxy groups -OCH3 is 1. The van der Waals surface area contributed by atoms with Crippen molar-refractivity contribution < 1.29 is 19.4 Å². The van der Waals surface area contributed by atoms with E-state index in [0.29, 0.717) is 26.1 Å². The zero-order chi connectivity index (χ0) is 25.6. The largest absolute Gasteiger partial charge is 0.508 e. The topological polar surface area (TPSA) is 89.1 Å². The zero-order valence-electron chi connectivity index (χ0n) is 20.8. The van der Waals surface area contributed by atoms with Crippen molar-refractivity contribution in [1.82, 2.24) is 19.7 Å². The highest BCUT2D eigenvalue weighted by molar-refractivity contribution is 9.10. The summed E-state index contributed by atoms with van der Waals surface area (Å²) in [5.41, 5.74) is 2.57. The van der Waals surface area contributed by atoms with E-state index < -0.39 is 11.6 Å². The highest BCUT2D eigenvalue weighted by atomic mass is 79.9. The number of ether oxygens (including phenoxy) is 1. The molecule has 2 N–H and O–H groups in total. The van der Waals surface area contributed by atoms with E-state index in [1.807, 2.05) is 25.1 Å². The second-order valence-electron chi connectivity index (χ2n) is 9.69. The van der Waals surface area contributed by atoms with Crippen LogP contribution in [0.3, 0.4) is 0 Å². The van der Waals surface area contributed by atoms with Crippen LogP contribution in [0.1, 0.15) is 36.7 Å². The number of hydrogen-bond acceptors (Lipinski definition) is 5. The minimum Gasteiger partial charge on any atom is -0.508 e. The number of fused-ring (bicyclic) bond motifs is 4. The number of aromatic hydroxyl groups is 1. The lowest BCUT2D eigenvalue weighted by Crippen LogP contribution is -2.53. The number of carbonyl (C=O) groups excluding carboxylic acids is 2. The third kappa shape index (κ3) is 3.99. The Hall–Kier alpha value is -2.88. The molecule has 3 heterocycles. The third-order valence-electron chi connectivity index (χ3n) is 7.51. The number of aromatic nitrogens is 1. The number of rotatable bonds is 8. The lowest BCUT2D eigenvalue weighted by molar-refractivity contribution is -0.133. The average Bonchev–Trinajstić information content (AvgIpc) is 3.29. The molecule has 1 saturated heterocycles. The van der Waals surface area contributed by atoms with Crippen LogP contribution in [0.2, 0.25) is 0 Å². The maximum absolute atomic E-state index is 13.9. The van der Waals surface area contributed by atoms with Crippen molar-refractivity contribution in [1.29, 1.82) is 0 Å². The molecular formula is C27H31BrN4O4. The summed E-state index contributed by atoms with van der Waals surface area (Å²) in [5.74, 6) is -0.0674. The summed E-state index contributed by atoms with van der Waals surface area (Å²) in [6.45, 7) is 6.95. The molecule has 0 bridgehead atoms. The molecule has 2 aliphatic rings. The van der Waals surface area contributed by atoms with Crippen LogP contribution in [0.15, 0.2) is 46.9 Å². The molecule has 1 fully saturated rings. The number of imide groups is 1. The molecule has 190 valence electrons. The van der Waals surface area contributed by atoms with Gasteiger partial charge in [0.25, 0.3) is 5.91 Å². The quantitative estimate of drug-likeness (QED) is 0.406. The second-order valence-corrected chi connectivity index (χ2v) is 10.6. The number of halogens is 1. The van der Waals surface area contributed by atoms with E-state index in [1.54, 1.807) is 30.2 Å². The number of nitrogens with one attached hydrogen (secondary N) is 1. The number of benzene rings is 2. The molecule has 2 atom stereocenters. The Kier molecular flexibility index (Phi) is 6.57. The highest BCUT2D eigenvalue weighted by Gasteiger charge is 2.60. The Morgan fingerprint density at radius 1 is 1.22 bits per heavy atom. The van der Waals surface area contributed by atoms with Crippen LogP contribution >= 0.6 is 15.9 Å². The van der Waals surface area contributed by atoms with Crippen LogP contribution in [0.4, 0.5) is 4.79 Å². The lowest BCUT2D eigenvalue weighted by atomic mass is 9.81. The minimum atomic E-state index is -1.04. The van der Waals surface area contributed by atoms with E-state index in [9.17, 15) is 14.7 Å². The summed E-state index contributed by atoms with van der Waals surface area (Å²) >= 11 is 3.57. The number of urea groups is 1. The SMILES string of the molecule is CCN(CCOC)CCN1C(=O)N2[C@H](c3cccc(O)c3)c3[nH]c4ccc(Br)cc4c3C[C@@]2(C)C1=O. The Labute approximate surface area is 218 Å². The van der Waals surface area contributed by atoms with Crippen molar-refractivity contribution in [2.24, 2.45) is 0 Å². The molecule has 0 aliphatic carbocycles. The molecule has 36 heavy (non-hydrogen) atoms. The van der Waals surface area contributed by atoms with Crippen molar-refractivity contribution in [3.63, 3.8) is 0 Å². The smallest absolute Gasteiger partial charge is 0.328 e. The van der Waals surface area contributed by atoms with Gasteiger partial charge in [-0.05, 0) is 54.9 Å². The van der Waals surface area contributed by atoms with Crippen molar-refractivity contribution in [3.05, 3.63) is 63.8 Å². The summed E-state index contributed by atoms with van der Waals surface area (Å²) < 4.78 is 6.15. The number of aromatic amines is 1.